The molecule has 0 aromatic carbocycles. The van der Waals surface area contributed by atoms with E-state index in [0.717, 1.165) is 10.8 Å². The Kier molecular flexibility index (Phi) is 5.39. The average molecular weight is 263 g/mol. The Morgan fingerprint density at radius 2 is 1.67 bits per heavy atom. The minimum absolute atomic E-state index is 0.534. The predicted molar refractivity (Wildman–Crippen MR) is 79.7 cm³/mol. The van der Waals surface area contributed by atoms with Gasteiger partial charge in [-0.25, -0.2) is 0 Å². The third kappa shape index (κ3) is 4.61. The number of rotatable bonds is 2. The minimum Gasteiger partial charge on any atom is -0.360 e. The van der Waals surface area contributed by atoms with Gasteiger partial charge < -0.3 is 10.6 Å². The molecule has 1 aliphatic carbocycles. The van der Waals surface area contributed by atoms with Crippen LogP contribution in [0.15, 0.2) is 24.5 Å². The van der Waals surface area contributed by atoms with Crippen molar-refractivity contribution in [3.05, 3.63) is 24.5 Å². The van der Waals surface area contributed by atoms with E-state index in [9.17, 15) is 0 Å². The van der Waals surface area contributed by atoms with E-state index in [1.165, 1.54) is 44.9 Å². The Labute approximate surface area is 114 Å². The summed E-state index contributed by atoms with van der Waals surface area (Å²) in [5, 5.41) is 7.37. The van der Waals surface area contributed by atoms with E-state index in [-0.39, 0.29) is 0 Å². The number of pyridine rings is 1. The van der Waals surface area contributed by atoms with Gasteiger partial charge in [-0.3, -0.25) is 4.98 Å². The molecule has 0 unspecified atom stereocenters. The molecule has 3 nitrogen and oxygen atoms in total. The molecule has 2 rings (SSSR count). The molecule has 0 saturated heterocycles. The van der Waals surface area contributed by atoms with Gasteiger partial charge in [-0.05, 0) is 37.2 Å². The molecule has 0 bridgehead atoms. The Morgan fingerprint density at radius 3 is 2.33 bits per heavy atom. The first kappa shape index (κ1) is 13.3. The van der Waals surface area contributed by atoms with Crippen LogP contribution in [0.4, 0.5) is 5.69 Å². The average Bonchev–Trinajstić information content (AvgIpc) is 2.34. The lowest BCUT2D eigenvalue weighted by molar-refractivity contribution is 0.430. The molecular weight excluding hydrogens is 242 g/mol. The second kappa shape index (κ2) is 7.31. The van der Waals surface area contributed by atoms with Gasteiger partial charge in [0.15, 0.2) is 5.11 Å². The minimum atomic E-state index is 0.534. The van der Waals surface area contributed by atoms with Crippen molar-refractivity contribution in [2.24, 2.45) is 0 Å². The molecule has 0 atom stereocenters. The molecule has 1 heterocycles. The molecule has 1 saturated carbocycles. The fraction of sp³-hybridized carbons (Fsp3) is 0.571. The Hall–Kier alpha value is -1.16. The number of thiocarbonyl (C=S) groups is 1. The molecule has 1 aromatic heterocycles. The molecule has 18 heavy (non-hydrogen) atoms. The first-order chi connectivity index (χ1) is 8.84. The van der Waals surface area contributed by atoms with Crippen molar-refractivity contribution in [2.45, 2.75) is 51.0 Å². The monoisotopic (exact) mass is 263 g/mol. The maximum atomic E-state index is 5.35. The first-order valence-electron chi connectivity index (χ1n) is 6.82. The van der Waals surface area contributed by atoms with Crippen molar-refractivity contribution in [1.29, 1.82) is 0 Å². The van der Waals surface area contributed by atoms with Gasteiger partial charge in [0.2, 0.25) is 0 Å². The molecule has 2 N–H and O–H groups in total. The Balaban J connectivity index is 1.79. The smallest absolute Gasteiger partial charge is 0.170 e. The molecule has 0 radical (unpaired) electrons. The van der Waals surface area contributed by atoms with Crippen molar-refractivity contribution >= 4 is 23.0 Å². The highest BCUT2D eigenvalue weighted by Crippen LogP contribution is 2.17. The lowest BCUT2D eigenvalue weighted by atomic mass is 9.97. The standard InChI is InChI=1S/C14H21N3S/c18-14(17-13-8-10-15-11-9-13)16-12-6-4-2-1-3-5-7-12/h8-12H,1-7H2,(H2,15,16,17,18). The summed E-state index contributed by atoms with van der Waals surface area (Å²) in [5.74, 6) is 0. The van der Waals surface area contributed by atoms with Crippen LogP contribution in [0.5, 0.6) is 0 Å². The molecule has 1 aliphatic rings. The van der Waals surface area contributed by atoms with Gasteiger partial charge in [0.25, 0.3) is 0 Å². The van der Waals surface area contributed by atoms with Gasteiger partial charge in [-0.1, -0.05) is 32.1 Å². The van der Waals surface area contributed by atoms with Gasteiger partial charge in [0, 0.05) is 24.1 Å². The summed E-state index contributed by atoms with van der Waals surface area (Å²) in [7, 11) is 0. The van der Waals surface area contributed by atoms with Crippen molar-refractivity contribution in [2.75, 3.05) is 5.32 Å². The van der Waals surface area contributed by atoms with Crippen LogP contribution in [0.25, 0.3) is 0 Å². The van der Waals surface area contributed by atoms with Gasteiger partial charge >= 0.3 is 0 Å². The van der Waals surface area contributed by atoms with Crippen LogP contribution in [0.2, 0.25) is 0 Å². The van der Waals surface area contributed by atoms with Gasteiger partial charge in [-0.15, -0.1) is 0 Å². The number of nitrogens with one attached hydrogen (secondary N) is 2. The number of anilines is 1. The van der Waals surface area contributed by atoms with Crippen molar-refractivity contribution < 1.29 is 0 Å². The van der Waals surface area contributed by atoms with Gasteiger partial charge in [0.05, 0.1) is 0 Å². The van der Waals surface area contributed by atoms with Crippen LogP contribution in [0, 0.1) is 0 Å². The molecule has 98 valence electrons. The number of hydrogen-bond acceptors (Lipinski definition) is 2. The Morgan fingerprint density at radius 1 is 1.06 bits per heavy atom. The van der Waals surface area contributed by atoms with E-state index >= 15 is 0 Å². The van der Waals surface area contributed by atoms with Crippen LogP contribution in [-0.4, -0.2) is 16.1 Å². The fourth-order valence-electron chi connectivity index (χ4n) is 2.39. The summed E-state index contributed by atoms with van der Waals surface area (Å²) >= 11 is 5.35. The maximum absolute atomic E-state index is 5.35. The van der Waals surface area contributed by atoms with Crippen LogP contribution in [0.3, 0.4) is 0 Å². The van der Waals surface area contributed by atoms with Crippen LogP contribution < -0.4 is 10.6 Å². The molecule has 0 spiro atoms. The summed E-state index contributed by atoms with van der Waals surface area (Å²) in [6.07, 6.45) is 12.8. The van der Waals surface area contributed by atoms with E-state index in [2.05, 4.69) is 15.6 Å². The summed E-state index contributed by atoms with van der Waals surface area (Å²) in [5.41, 5.74) is 0.994. The van der Waals surface area contributed by atoms with Crippen LogP contribution in [-0.2, 0) is 0 Å². The van der Waals surface area contributed by atoms with Crippen molar-refractivity contribution in [3.8, 4) is 0 Å². The van der Waals surface area contributed by atoms with E-state index in [1.807, 2.05) is 12.1 Å². The Bertz CT molecular complexity index is 359. The van der Waals surface area contributed by atoms with Crippen LogP contribution in [0.1, 0.15) is 44.9 Å². The molecule has 0 amide bonds. The van der Waals surface area contributed by atoms with E-state index < -0.39 is 0 Å². The fourth-order valence-corrected chi connectivity index (χ4v) is 2.67. The molecular formula is C14H21N3S. The second-order valence-corrected chi connectivity index (χ2v) is 5.28. The van der Waals surface area contributed by atoms with Crippen molar-refractivity contribution in [1.82, 2.24) is 10.3 Å². The SMILES string of the molecule is S=C(Nc1ccncc1)NC1CCCCCCC1. The number of aromatic nitrogens is 1. The lowest BCUT2D eigenvalue weighted by Gasteiger charge is -2.22. The molecule has 4 heteroatoms. The summed E-state index contributed by atoms with van der Waals surface area (Å²) in [4.78, 5) is 3.99. The van der Waals surface area contributed by atoms with E-state index in [4.69, 9.17) is 12.2 Å². The predicted octanol–water partition coefficient (Wildman–Crippen LogP) is 3.48. The largest absolute Gasteiger partial charge is 0.360 e. The van der Waals surface area contributed by atoms with E-state index in [1.54, 1.807) is 12.4 Å². The summed E-state index contributed by atoms with van der Waals surface area (Å²) < 4.78 is 0. The third-order valence-electron chi connectivity index (χ3n) is 3.38. The topological polar surface area (TPSA) is 37.0 Å². The van der Waals surface area contributed by atoms with Gasteiger partial charge in [0.1, 0.15) is 0 Å². The highest BCUT2D eigenvalue weighted by atomic mass is 32.1. The lowest BCUT2D eigenvalue weighted by Crippen LogP contribution is -2.38. The highest BCUT2D eigenvalue weighted by Gasteiger charge is 2.12. The number of nitrogens with zero attached hydrogens (tertiary/aromatic N) is 1. The quantitative estimate of drug-likeness (QED) is 0.801. The van der Waals surface area contributed by atoms with E-state index in [0.29, 0.717) is 6.04 Å². The summed E-state index contributed by atoms with van der Waals surface area (Å²) in [6, 6.07) is 4.38. The zero-order valence-corrected chi connectivity index (χ0v) is 11.5. The van der Waals surface area contributed by atoms with Gasteiger partial charge in [-0.2, -0.15) is 0 Å². The summed E-state index contributed by atoms with van der Waals surface area (Å²) in [6.45, 7) is 0. The highest BCUT2D eigenvalue weighted by molar-refractivity contribution is 7.80. The maximum Gasteiger partial charge on any atom is 0.170 e. The zero-order valence-electron chi connectivity index (χ0n) is 10.7. The molecule has 1 fully saturated rings. The normalized spacial score (nSPS) is 17.6. The third-order valence-corrected chi connectivity index (χ3v) is 3.60. The van der Waals surface area contributed by atoms with Crippen molar-refractivity contribution in [3.63, 3.8) is 0 Å². The number of hydrogen-bond donors (Lipinski definition) is 2. The molecule has 0 aliphatic heterocycles. The van der Waals surface area contributed by atoms with Crippen LogP contribution >= 0.6 is 12.2 Å². The first-order valence-corrected chi connectivity index (χ1v) is 7.23. The molecule has 1 aromatic rings. The zero-order chi connectivity index (χ0) is 12.6. The second-order valence-electron chi connectivity index (χ2n) is 4.88.